The molecule has 42 heavy (non-hydrogen) atoms. The van der Waals surface area contributed by atoms with Crippen molar-refractivity contribution in [2.45, 2.75) is 45.4 Å². The number of nitrogens with zero attached hydrogens (tertiary/aromatic N) is 2. The van der Waals surface area contributed by atoms with Gasteiger partial charge in [0.05, 0.1) is 0 Å². The Kier molecular flexibility index (Phi) is 15.6. The highest BCUT2D eigenvalue weighted by atomic mass is 15.1. The Bertz CT molecular complexity index is 1290. The molecule has 0 saturated heterocycles. The predicted molar refractivity (Wildman–Crippen MR) is 189 cm³/mol. The highest BCUT2D eigenvalue weighted by Gasteiger charge is 2.15. The highest BCUT2D eigenvalue weighted by Crippen LogP contribution is 2.30. The van der Waals surface area contributed by atoms with E-state index in [4.69, 9.17) is 0 Å². The molecule has 0 bridgehead atoms. The van der Waals surface area contributed by atoms with Crippen LogP contribution in [0.4, 0.5) is 11.4 Å². The van der Waals surface area contributed by atoms with Crippen LogP contribution in [0.5, 0.6) is 0 Å². The summed E-state index contributed by atoms with van der Waals surface area (Å²) in [7, 11) is 8.38. The van der Waals surface area contributed by atoms with E-state index in [-0.39, 0.29) is 0 Å². The van der Waals surface area contributed by atoms with Gasteiger partial charge >= 0.3 is 0 Å². The molecular formula is C40H52N2. The number of allylic oxidation sites excluding steroid dienone is 1. The van der Waals surface area contributed by atoms with Gasteiger partial charge in [0.1, 0.15) is 0 Å². The number of benzene rings is 4. The maximum absolute atomic E-state index is 3.74. The molecule has 0 spiro atoms. The summed E-state index contributed by atoms with van der Waals surface area (Å²) < 4.78 is 0. The molecule has 0 aliphatic carbocycles. The van der Waals surface area contributed by atoms with Gasteiger partial charge in [-0.1, -0.05) is 136 Å². The standard InChI is InChI=1S/C21H29N.C11H15N.C8H8/c1-5-18(15-17(2)19-11-7-6-8-12-19)16-20-13-9-10-14-21(20)22(3)4;1-4-7-10-8-5-6-9-11(10)12(2)3;1-2-8-6-4-3-5-7-8/h6-14,17-18H,5,15-16H2,1-4H3;4-6,8-9H,1,7H2,2-3H3;2-7H,1H2/t17?,18-;;/m1../s1. The normalized spacial score (nSPS) is 11.5. The molecule has 222 valence electrons. The molecule has 0 aromatic heterocycles. The molecule has 0 N–H and O–H groups in total. The van der Waals surface area contributed by atoms with Gasteiger partial charge in [0.15, 0.2) is 0 Å². The summed E-state index contributed by atoms with van der Waals surface area (Å²) in [6.45, 7) is 12.0. The zero-order valence-corrected chi connectivity index (χ0v) is 26.8. The summed E-state index contributed by atoms with van der Waals surface area (Å²) in [6.07, 6.45) is 8.36. The largest absolute Gasteiger partial charge is 0.377 e. The lowest BCUT2D eigenvalue weighted by Crippen LogP contribution is -2.14. The Morgan fingerprint density at radius 1 is 0.643 bits per heavy atom. The van der Waals surface area contributed by atoms with Crippen molar-refractivity contribution in [3.63, 3.8) is 0 Å². The monoisotopic (exact) mass is 560 g/mol. The third-order valence-electron chi connectivity index (χ3n) is 7.49. The smallest absolute Gasteiger partial charge is 0.0396 e. The van der Waals surface area contributed by atoms with Crippen molar-refractivity contribution in [2.75, 3.05) is 38.0 Å². The van der Waals surface area contributed by atoms with E-state index in [1.54, 1.807) is 0 Å². The minimum absolute atomic E-state index is 0.623. The van der Waals surface area contributed by atoms with E-state index in [0.717, 1.165) is 12.3 Å². The molecule has 2 heteroatoms. The van der Waals surface area contributed by atoms with Crippen molar-refractivity contribution < 1.29 is 0 Å². The van der Waals surface area contributed by atoms with Gasteiger partial charge in [0, 0.05) is 39.6 Å². The van der Waals surface area contributed by atoms with Crippen molar-refractivity contribution in [1.82, 2.24) is 0 Å². The van der Waals surface area contributed by atoms with E-state index in [9.17, 15) is 0 Å². The summed E-state index contributed by atoms with van der Waals surface area (Å²) in [5, 5.41) is 0. The topological polar surface area (TPSA) is 6.48 Å². The van der Waals surface area contributed by atoms with Crippen LogP contribution in [0, 0.1) is 5.92 Å². The fourth-order valence-corrected chi connectivity index (χ4v) is 5.11. The zero-order chi connectivity index (χ0) is 30.7. The summed E-state index contributed by atoms with van der Waals surface area (Å²) >= 11 is 0. The van der Waals surface area contributed by atoms with Gasteiger partial charge < -0.3 is 9.80 Å². The second-order valence-electron chi connectivity index (χ2n) is 11.2. The van der Waals surface area contributed by atoms with Crippen LogP contribution in [0.1, 0.15) is 54.9 Å². The van der Waals surface area contributed by atoms with Gasteiger partial charge in [-0.3, -0.25) is 0 Å². The first-order chi connectivity index (χ1) is 20.3. The van der Waals surface area contributed by atoms with Crippen molar-refractivity contribution in [2.24, 2.45) is 5.92 Å². The molecule has 1 unspecified atom stereocenters. The van der Waals surface area contributed by atoms with Crippen molar-refractivity contribution in [3.05, 3.63) is 151 Å². The molecule has 2 atom stereocenters. The molecule has 0 fully saturated rings. The molecule has 0 radical (unpaired) electrons. The highest BCUT2D eigenvalue weighted by molar-refractivity contribution is 5.53. The first-order valence-corrected chi connectivity index (χ1v) is 15.1. The van der Waals surface area contributed by atoms with Crippen LogP contribution in [-0.2, 0) is 12.8 Å². The van der Waals surface area contributed by atoms with Gasteiger partial charge in [-0.25, -0.2) is 0 Å². The van der Waals surface area contributed by atoms with Gasteiger partial charge in [-0.2, -0.15) is 0 Å². The molecule has 0 aliphatic rings. The van der Waals surface area contributed by atoms with E-state index in [1.807, 2.05) is 42.5 Å². The second kappa shape index (κ2) is 19.1. The lowest BCUT2D eigenvalue weighted by atomic mass is 9.85. The van der Waals surface area contributed by atoms with E-state index in [0.29, 0.717) is 5.92 Å². The van der Waals surface area contributed by atoms with Crippen LogP contribution in [0.25, 0.3) is 6.08 Å². The number of para-hydroxylation sites is 2. The number of hydrogen-bond donors (Lipinski definition) is 0. The second-order valence-corrected chi connectivity index (χ2v) is 11.2. The summed E-state index contributed by atoms with van der Waals surface area (Å²) in [6, 6.07) is 38.1. The number of anilines is 2. The average Bonchev–Trinajstić information content (AvgIpc) is 3.02. The molecule has 2 nitrogen and oxygen atoms in total. The van der Waals surface area contributed by atoms with Gasteiger partial charge in [-0.05, 0) is 65.5 Å². The van der Waals surface area contributed by atoms with E-state index in [2.05, 4.69) is 144 Å². The molecule has 0 amide bonds. The quantitative estimate of drug-likeness (QED) is 0.168. The molecular weight excluding hydrogens is 508 g/mol. The molecule has 4 aromatic carbocycles. The maximum Gasteiger partial charge on any atom is 0.0396 e. The van der Waals surface area contributed by atoms with Gasteiger partial charge in [-0.15, -0.1) is 6.58 Å². The van der Waals surface area contributed by atoms with Crippen molar-refractivity contribution in [1.29, 1.82) is 0 Å². The van der Waals surface area contributed by atoms with E-state index < -0.39 is 0 Å². The minimum atomic E-state index is 0.623. The fourth-order valence-electron chi connectivity index (χ4n) is 5.11. The third-order valence-corrected chi connectivity index (χ3v) is 7.49. The molecule has 0 aliphatic heterocycles. The Hall–Kier alpha value is -4.04. The number of rotatable bonds is 11. The molecule has 0 heterocycles. The molecule has 4 rings (SSSR count). The van der Waals surface area contributed by atoms with Crippen LogP contribution in [-0.4, -0.2) is 28.2 Å². The molecule has 4 aromatic rings. The van der Waals surface area contributed by atoms with E-state index in [1.165, 1.54) is 52.9 Å². The van der Waals surface area contributed by atoms with Gasteiger partial charge in [0.25, 0.3) is 0 Å². The first-order valence-electron chi connectivity index (χ1n) is 15.1. The van der Waals surface area contributed by atoms with Gasteiger partial charge in [0.2, 0.25) is 0 Å². The summed E-state index contributed by atoms with van der Waals surface area (Å²) in [4.78, 5) is 4.35. The fraction of sp³-hybridized carbons (Fsp3) is 0.300. The van der Waals surface area contributed by atoms with Crippen molar-refractivity contribution in [3.8, 4) is 0 Å². The summed E-state index contributed by atoms with van der Waals surface area (Å²) in [5.41, 5.74) is 8.07. The Morgan fingerprint density at radius 3 is 1.60 bits per heavy atom. The Labute approximate surface area is 257 Å². The van der Waals surface area contributed by atoms with Crippen LogP contribution in [0.2, 0.25) is 0 Å². The zero-order valence-electron chi connectivity index (χ0n) is 26.8. The maximum atomic E-state index is 3.74. The van der Waals surface area contributed by atoms with Crippen molar-refractivity contribution >= 4 is 17.5 Å². The predicted octanol–water partition coefficient (Wildman–Crippen LogP) is 10.3. The average molecular weight is 561 g/mol. The Balaban J connectivity index is 0.000000256. The van der Waals surface area contributed by atoms with E-state index >= 15 is 0 Å². The van der Waals surface area contributed by atoms with Crippen LogP contribution >= 0.6 is 0 Å². The van der Waals surface area contributed by atoms with Crippen LogP contribution in [0.15, 0.2) is 128 Å². The molecule has 0 saturated carbocycles. The number of hydrogen-bond acceptors (Lipinski definition) is 2. The van der Waals surface area contributed by atoms with Crippen LogP contribution < -0.4 is 9.80 Å². The van der Waals surface area contributed by atoms with Crippen LogP contribution in [0.3, 0.4) is 0 Å². The lowest BCUT2D eigenvalue weighted by Gasteiger charge is -2.23. The lowest BCUT2D eigenvalue weighted by molar-refractivity contribution is 0.432. The SMILES string of the molecule is C=CCc1ccccc1N(C)C.C=Cc1ccccc1.CC[C@@H](Cc1ccccc1N(C)C)CC(C)c1ccccc1. The first kappa shape index (κ1) is 34.2. The Morgan fingerprint density at radius 2 is 1.12 bits per heavy atom. The third kappa shape index (κ3) is 11.8. The minimum Gasteiger partial charge on any atom is -0.377 e. The summed E-state index contributed by atoms with van der Waals surface area (Å²) in [5.74, 6) is 1.36.